The van der Waals surface area contributed by atoms with Gasteiger partial charge in [-0.25, -0.2) is 4.79 Å². The van der Waals surface area contributed by atoms with Gasteiger partial charge in [-0.05, 0) is 31.4 Å². The minimum atomic E-state index is -1.49. The Labute approximate surface area is 200 Å². The molecule has 1 aromatic heterocycles. The summed E-state index contributed by atoms with van der Waals surface area (Å²) in [7, 11) is 0. The SMILES string of the molecule is CC(NC(=O)C(N)Cc1c[nH]c2ccccc12)C(=O)NC(CO)C(=O)NC(CCC(N)=O)C(=O)O. The molecule has 0 aliphatic rings. The van der Waals surface area contributed by atoms with Gasteiger partial charge in [0.15, 0.2) is 0 Å². The van der Waals surface area contributed by atoms with Crippen LogP contribution in [-0.4, -0.2) is 75.6 Å². The summed E-state index contributed by atoms with van der Waals surface area (Å²) in [4.78, 5) is 62.5. The maximum absolute atomic E-state index is 12.5. The molecule has 0 fully saturated rings. The van der Waals surface area contributed by atoms with E-state index in [1.165, 1.54) is 6.92 Å². The number of hydrogen-bond acceptors (Lipinski definition) is 7. The molecule has 0 bridgehead atoms. The number of primary amides is 1. The highest BCUT2D eigenvalue weighted by molar-refractivity contribution is 5.94. The Morgan fingerprint density at radius 2 is 1.66 bits per heavy atom. The number of benzene rings is 1. The molecule has 13 heteroatoms. The van der Waals surface area contributed by atoms with Crippen LogP contribution in [0.1, 0.15) is 25.3 Å². The lowest BCUT2D eigenvalue weighted by molar-refractivity contribution is -0.143. The highest BCUT2D eigenvalue weighted by atomic mass is 16.4. The van der Waals surface area contributed by atoms with Crippen molar-refractivity contribution in [1.29, 1.82) is 0 Å². The second kappa shape index (κ2) is 12.5. The number of carbonyl (C=O) groups excluding carboxylic acids is 4. The minimum Gasteiger partial charge on any atom is -0.480 e. The third-order valence-corrected chi connectivity index (χ3v) is 5.31. The molecule has 10 N–H and O–H groups in total. The van der Waals surface area contributed by atoms with Gasteiger partial charge in [-0.3, -0.25) is 19.2 Å². The van der Waals surface area contributed by atoms with Gasteiger partial charge in [-0.2, -0.15) is 0 Å². The third-order valence-electron chi connectivity index (χ3n) is 5.31. The van der Waals surface area contributed by atoms with E-state index in [0.717, 1.165) is 16.5 Å². The number of aliphatic hydroxyl groups excluding tert-OH is 1. The van der Waals surface area contributed by atoms with Crippen molar-refractivity contribution < 1.29 is 34.2 Å². The summed E-state index contributed by atoms with van der Waals surface area (Å²) in [5.41, 5.74) is 12.7. The lowest BCUT2D eigenvalue weighted by Gasteiger charge is -2.22. The van der Waals surface area contributed by atoms with Crippen molar-refractivity contribution in [3.8, 4) is 0 Å². The molecule has 1 aromatic carbocycles. The van der Waals surface area contributed by atoms with Crippen molar-refractivity contribution in [1.82, 2.24) is 20.9 Å². The molecule has 0 aliphatic carbocycles. The topological polar surface area (TPSA) is 230 Å². The summed E-state index contributed by atoms with van der Waals surface area (Å²) in [6, 6.07) is 2.52. The second-order valence-corrected chi connectivity index (χ2v) is 8.05. The molecule has 1 heterocycles. The quantitative estimate of drug-likeness (QED) is 0.154. The van der Waals surface area contributed by atoms with Crippen LogP contribution in [0.25, 0.3) is 10.9 Å². The highest BCUT2D eigenvalue weighted by Gasteiger charge is 2.28. The lowest BCUT2D eigenvalue weighted by atomic mass is 10.0. The molecule has 0 spiro atoms. The molecule has 0 aliphatic heterocycles. The summed E-state index contributed by atoms with van der Waals surface area (Å²) in [5, 5.41) is 26.4. The number of carboxylic acid groups (broad SMARTS) is 1. The van der Waals surface area contributed by atoms with Gasteiger partial charge in [-0.1, -0.05) is 18.2 Å². The van der Waals surface area contributed by atoms with Crippen molar-refractivity contribution in [2.75, 3.05) is 6.61 Å². The van der Waals surface area contributed by atoms with Gasteiger partial charge in [0.05, 0.1) is 12.6 Å². The maximum Gasteiger partial charge on any atom is 0.326 e. The van der Waals surface area contributed by atoms with Crippen molar-refractivity contribution in [3.05, 3.63) is 36.0 Å². The van der Waals surface area contributed by atoms with Gasteiger partial charge in [0.2, 0.25) is 23.6 Å². The number of aliphatic carboxylic acids is 1. The molecule has 35 heavy (non-hydrogen) atoms. The van der Waals surface area contributed by atoms with E-state index in [0.29, 0.717) is 0 Å². The normalized spacial score (nSPS) is 14.4. The Hall–Kier alpha value is -3.97. The van der Waals surface area contributed by atoms with Crippen molar-refractivity contribution in [2.24, 2.45) is 11.5 Å². The number of carbonyl (C=O) groups is 5. The van der Waals surface area contributed by atoms with Crippen LogP contribution in [0.4, 0.5) is 0 Å². The van der Waals surface area contributed by atoms with Crippen molar-refractivity contribution >= 4 is 40.5 Å². The number of H-pyrrole nitrogens is 1. The number of nitrogens with two attached hydrogens (primary N) is 2. The van der Waals surface area contributed by atoms with Gasteiger partial charge >= 0.3 is 5.97 Å². The Bertz CT molecular complexity index is 1090. The fourth-order valence-electron chi connectivity index (χ4n) is 3.32. The molecular formula is C22H30N6O7. The number of nitrogens with one attached hydrogen (secondary N) is 4. The second-order valence-electron chi connectivity index (χ2n) is 8.05. The molecule has 0 radical (unpaired) electrons. The summed E-state index contributed by atoms with van der Waals surface area (Å²) in [6.07, 6.45) is 1.43. The number of aliphatic hydroxyl groups is 1. The van der Waals surface area contributed by atoms with Crippen LogP contribution in [0.5, 0.6) is 0 Å². The number of carboxylic acids is 1. The zero-order chi connectivity index (χ0) is 26.1. The number of rotatable bonds is 13. The molecule has 4 unspecified atom stereocenters. The molecule has 190 valence electrons. The van der Waals surface area contributed by atoms with Gasteiger partial charge in [0.25, 0.3) is 0 Å². The largest absolute Gasteiger partial charge is 0.480 e. The highest BCUT2D eigenvalue weighted by Crippen LogP contribution is 2.18. The van der Waals surface area contributed by atoms with Gasteiger partial charge in [0.1, 0.15) is 18.1 Å². The van der Waals surface area contributed by atoms with Gasteiger partial charge in [-0.15, -0.1) is 0 Å². The number of amides is 4. The van der Waals surface area contributed by atoms with Crippen LogP contribution in [-0.2, 0) is 30.4 Å². The van der Waals surface area contributed by atoms with Gasteiger partial charge in [0, 0.05) is 23.5 Å². The summed E-state index contributed by atoms with van der Waals surface area (Å²) < 4.78 is 0. The average molecular weight is 491 g/mol. The minimum absolute atomic E-state index is 0.216. The van der Waals surface area contributed by atoms with Crippen LogP contribution in [0.2, 0.25) is 0 Å². The van der Waals surface area contributed by atoms with Crippen molar-refractivity contribution in [3.63, 3.8) is 0 Å². The van der Waals surface area contributed by atoms with E-state index in [-0.39, 0.29) is 19.3 Å². The zero-order valence-electron chi connectivity index (χ0n) is 19.1. The summed E-state index contributed by atoms with van der Waals surface area (Å²) in [5.74, 6) is -4.53. The molecular weight excluding hydrogens is 460 g/mol. The Morgan fingerprint density at radius 3 is 2.29 bits per heavy atom. The standard InChI is InChI=1S/C22H30N6O7/c1-11(26-20(32)14(23)8-12-9-25-15-5-3-2-4-13(12)15)19(31)28-17(10-29)21(33)27-16(22(34)35)6-7-18(24)30/h2-5,9,11,14,16-17,25,29H,6-8,10,23H2,1H3,(H2,24,30)(H,26,32)(H,27,33)(H,28,31)(H,34,35). The molecule has 0 saturated heterocycles. The van der Waals surface area contributed by atoms with Gasteiger partial charge < -0.3 is 42.6 Å². The maximum atomic E-state index is 12.5. The molecule has 2 rings (SSSR count). The number of aromatic nitrogens is 1. The fourth-order valence-corrected chi connectivity index (χ4v) is 3.32. The Balaban J connectivity index is 1.91. The number of para-hydroxylation sites is 1. The first kappa shape index (κ1) is 27.3. The van der Waals surface area contributed by atoms with Crippen LogP contribution in [0.15, 0.2) is 30.5 Å². The van der Waals surface area contributed by atoms with E-state index in [4.69, 9.17) is 11.5 Å². The van der Waals surface area contributed by atoms with Crippen molar-refractivity contribution in [2.45, 2.75) is 50.4 Å². The van der Waals surface area contributed by atoms with E-state index in [9.17, 15) is 34.2 Å². The molecule has 13 nitrogen and oxygen atoms in total. The molecule has 0 saturated carbocycles. The van der Waals surface area contributed by atoms with E-state index in [1.807, 2.05) is 24.3 Å². The zero-order valence-corrected chi connectivity index (χ0v) is 19.1. The summed E-state index contributed by atoms with van der Waals surface area (Å²) >= 11 is 0. The Morgan fingerprint density at radius 1 is 1.00 bits per heavy atom. The van der Waals surface area contributed by atoms with E-state index in [1.54, 1.807) is 6.20 Å². The molecule has 2 aromatic rings. The first-order valence-electron chi connectivity index (χ1n) is 10.9. The van der Waals surface area contributed by atoms with Crippen LogP contribution in [0, 0.1) is 0 Å². The third kappa shape index (κ3) is 7.79. The average Bonchev–Trinajstić information content (AvgIpc) is 3.22. The first-order valence-corrected chi connectivity index (χ1v) is 10.9. The number of aromatic amines is 1. The predicted molar refractivity (Wildman–Crippen MR) is 125 cm³/mol. The van der Waals surface area contributed by atoms with Crippen LogP contribution in [0.3, 0.4) is 0 Å². The molecule has 4 amide bonds. The fraction of sp³-hybridized carbons (Fsp3) is 0.409. The lowest BCUT2D eigenvalue weighted by Crippen LogP contribution is -2.57. The van der Waals surface area contributed by atoms with E-state index < -0.39 is 60.4 Å². The summed E-state index contributed by atoms with van der Waals surface area (Å²) in [6.45, 7) is 0.533. The molecule has 4 atom stereocenters. The first-order chi connectivity index (χ1) is 16.5. The van der Waals surface area contributed by atoms with E-state index >= 15 is 0 Å². The smallest absolute Gasteiger partial charge is 0.326 e. The predicted octanol–water partition coefficient (Wildman–Crippen LogP) is -2.15. The van der Waals surface area contributed by atoms with E-state index in [2.05, 4.69) is 20.9 Å². The Kier molecular flexibility index (Phi) is 9.73. The monoisotopic (exact) mass is 490 g/mol. The van der Waals surface area contributed by atoms with Crippen LogP contribution < -0.4 is 27.4 Å². The van der Waals surface area contributed by atoms with Crippen LogP contribution >= 0.6 is 0 Å². The number of hydrogen-bond donors (Lipinski definition) is 8. The number of fused-ring (bicyclic) bond motifs is 1.